The number of hydrogen-bond acceptors (Lipinski definition) is 4. The van der Waals surface area contributed by atoms with Crippen LogP contribution < -0.4 is 0 Å². The molecule has 43 heavy (non-hydrogen) atoms. The highest BCUT2D eigenvalue weighted by atomic mass is 16.3. The van der Waals surface area contributed by atoms with E-state index in [9.17, 15) is 0 Å². The summed E-state index contributed by atoms with van der Waals surface area (Å²) in [6, 6.07) is 29.8. The van der Waals surface area contributed by atoms with Crippen molar-refractivity contribution in [1.29, 1.82) is 0 Å². The summed E-state index contributed by atoms with van der Waals surface area (Å²) in [5.74, 6) is 1.13. The third kappa shape index (κ3) is 3.91. The number of aromatic nitrogens is 3. The average molecular weight is 564 g/mol. The van der Waals surface area contributed by atoms with Crippen LogP contribution in [0.4, 0.5) is 0 Å². The third-order valence-corrected chi connectivity index (χ3v) is 8.69. The van der Waals surface area contributed by atoms with Crippen LogP contribution in [0.2, 0.25) is 0 Å². The molecule has 0 saturated heterocycles. The fourth-order valence-electron chi connectivity index (χ4n) is 6.28. The number of para-hydroxylation sites is 2. The smallest absolute Gasteiger partial charge is 0.227 e. The highest BCUT2D eigenvalue weighted by molar-refractivity contribution is 6.10. The summed E-state index contributed by atoms with van der Waals surface area (Å²) in [6.07, 6.45) is 0. The van der Waals surface area contributed by atoms with E-state index >= 15 is 0 Å². The number of furan rings is 2. The minimum absolute atomic E-state index is 0.0465. The van der Waals surface area contributed by atoms with Crippen molar-refractivity contribution in [3.63, 3.8) is 0 Å². The Hall–Kier alpha value is -4.90. The highest BCUT2D eigenvalue weighted by Crippen LogP contribution is 2.40. The summed E-state index contributed by atoms with van der Waals surface area (Å²) in [5, 5.41) is 4.34. The van der Waals surface area contributed by atoms with E-state index in [4.69, 9.17) is 18.8 Å². The summed E-state index contributed by atoms with van der Waals surface area (Å²) in [5.41, 5.74) is 10.6. The summed E-state index contributed by atoms with van der Waals surface area (Å²) in [4.78, 5) is 10.0. The Morgan fingerprint density at radius 2 is 1.49 bits per heavy atom. The zero-order valence-electron chi connectivity index (χ0n) is 25.3. The topological polar surface area (TPSA) is 57.0 Å². The van der Waals surface area contributed by atoms with Gasteiger partial charge in [0, 0.05) is 33.3 Å². The molecule has 0 saturated carbocycles. The van der Waals surface area contributed by atoms with Gasteiger partial charge in [-0.3, -0.25) is 4.57 Å². The maximum atomic E-state index is 6.56. The number of fused-ring (bicyclic) bond motifs is 7. The van der Waals surface area contributed by atoms with Crippen molar-refractivity contribution in [3.05, 3.63) is 102 Å². The van der Waals surface area contributed by atoms with Gasteiger partial charge >= 0.3 is 0 Å². The number of rotatable bonds is 3. The molecule has 8 aromatic rings. The van der Waals surface area contributed by atoms with Crippen LogP contribution in [0.3, 0.4) is 0 Å². The number of hydrogen-bond donors (Lipinski definition) is 0. The largest absolute Gasteiger partial charge is 0.456 e. The summed E-state index contributed by atoms with van der Waals surface area (Å²) in [7, 11) is 0. The minimum atomic E-state index is 0.0465. The van der Waals surface area contributed by atoms with Gasteiger partial charge in [-0.2, -0.15) is 0 Å². The van der Waals surface area contributed by atoms with Gasteiger partial charge in [-0.25, -0.2) is 9.97 Å². The molecule has 5 nitrogen and oxygen atoms in total. The van der Waals surface area contributed by atoms with Crippen LogP contribution in [0, 0.1) is 6.92 Å². The molecule has 5 heteroatoms. The van der Waals surface area contributed by atoms with Gasteiger partial charge in [0.05, 0.1) is 22.3 Å². The molecule has 4 aromatic heterocycles. The summed E-state index contributed by atoms with van der Waals surface area (Å²) < 4.78 is 15.3. The predicted molar refractivity (Wildman–Crippen MR) is 176 cm³/mol. The standard InChI is InChI=1S/C38H33N3O2/c1-21(2)29-18-17-27-34-22(3)11-14-28(35(34)43-37(27)40-29)36-39-30-9-7-8-10-31(30)41(36)24-13-16-26-25-15-12-23(38(4,5)6)19-32(25)42-33(26)20-24/h7-21H,1-6H3. The lowest BCUT2D eigenvalue weighted by atomic mass is 9.87. The Morgan fingerprint density at radius 3 is 2.28 bits per heavy atom. The molecule has 212 valence electrons. The lowest BCUT2D eigenvalue weighted by Gasteiger charge is -2.18. The molecule has 4 aromatic carbocycles. The SMILES string of the molecule is Cc1ccc(-c2nc3ccccc3n2-c2ccc3c(c2)oc2cc(C(C)(C)C)ccc23)c2oc3nc(C(C)C)ccc3c12. The monoisotopic (exact) mass is 563 g/mol. The predicted octanol–water partition coefficient (Wildman–Crippen LogP) is 10.6. The number of aryl methyl sites for hydroxylation is 1. The van der Waals surface area contributed by atoms with Crippen molar-refractivity contribution in [1.82, 2.24) is 14.5 Å². The van der Waals surface area contributed by atoms with Gasteiger partial charge in [0.25, 0.3) is 0 Å². The zero-order chi connectivity index (χ0) is 29.6. The summed E-state index contributed by atoms with van der Waals surface area (Å²) >= 11 is 0. The van der Waals surface area contributed by atoms with Gasteiger partial charge in [-0.1, -0.05) is 65.0 Å². The normalized spacial score (nSPS) is 12.6. The van der Waals surface area contributed by atoms with E-state index in [1.807, 2.05) is 6.07 Å². The first-order valence-electron chi connectivity index (χ1n) is 14.9. The number of imidazole rings is 1. The molecular weight excluding hydrogens is 530 g/mol. The van der Waals surface area contributed by atoms with Gasteiger partial charge in [0.15, 0.2) is 0 Å². The Labute approximate surface area is 249 Å². The second-order valence-electron chi connectivity index (χ2n) is 13.0. The van der Waals surface area contributed by atoms with Crippen LogP contribution in [-0.4, -0.2) is 14.5 Å². The molecule has 0 atom stereocenters. The molecule has 0 aliphatic heterocycles. The van der Waals surface area contributed by atoms with E-state index in [0.717, 1.165) is 77.7 Å². The molecule has 0 spiro atoms. The van der Waals surface area contributed by atoms with Crippen molar-refractivity contribution in [2.24, 2.45) is 0 Å². The Morgan fingerprint density at radius 1 is 0.744 bits per heavy atom. The van der Waals surface area contributed by atoms with Crippen molar-refractivity contribution in [2.45, 2.75) is 52.9 Å². The molecule has 4 heterocycles. The number of benzene rings is 4. The van der Waals surface area contributed by atoms with Crippen molar-refractivity contribution in [3.8, 4) is 17.1 Å². The van der Waals surface area contributed by atoms with Crippen molar-refractivity contribution >= 4 is 55.0 Å². The molecule has 0 radical (unpaired) electrons. The van der Waals surface area contributed by atoms with Crippen molar-refractivity contribution < 1.29 is 8.83 Å². The molecule has 0 N–H and O–H groups in total. The first-order chi connectivity index (χ1) is 20.7. The van der Waals surface area contributed by atoms with E-state index in [0.29, 0.717) is 11.6 Å². The molecule has 0 fully saturated rings. The second kappa shape index (κ2) is 9.05. The Balaban J connectivity index is 1.38. The quantitative estimate of drug-likeness (QED) is 0.215. The first-order valence-corrected chi connectivity index (χ1v) is 14.9. The molecule has 0 aliphatic rings. The van der Waals surface area contributed by atoms with E-state index in [1.54, 1.807) is 0 Å². The van der Waals surface area contributed by atoms with E-state index < -0.39 is 0 Å². The van der Waals surface area contributed by atoms with E-state index in [1.165, 1.54) is 5.56 Å². The van der Waals surface area contributed by atoms with Gasteiger partial charge < -0.3 is 8.83 Å². The van der Waals surface area contributed by atoms with Gasteiger partial charge in [0.2, 0.25) is 5.71 Å². The fourth-order valence-corrected chi connectivity index (χ4v) is 6.28. The van der Waals surface area contributed by atoms with Crippen LogP contribution in [-0.2, 0) is 5.41 Å². The number of nitrogens with zero attached hydrogens (tertiary/aromatic N) is 3. The Kier molecular flexibility index (Phi) is 5.43. The lowest BCUT2D eigenvalue weighted by molar-refractivity contribution is 0.587. The van der Waals surface area contributed by atoms with Crippen LogP contribution in [0.15, 0.2) is 93.8 Å². The number of pyridine rings is 1. The lowest BCUT2D eigenvalue weighted by Crippen LogP contribution is -2.10. The summed E-state index contributed by atoms with van der Waals surface area (Å²) in [6.45, 7) is 13.1. The highest BCUT2D eigenvalue weighted by Gasteiger charge is 2.22. The van der Waals surface area contributed by atoms with Gasteiger partial charge in [-0.05, 0) is 77.9 Å². The zero-order valence-corrected chi connectivity index (χ0v) is 25.3. The fraction of sp³-hybridized carbons (Fsp3) is 0.211. The van der Waals surface area contributed by atoms with Crippen molar-refractivity contribution in [2.75, 3.05) is 0 Å². The molecule has 0 bridgehead atoms. The minimum Gasteiger partial charge on any atom is -0.456 e. The van der Waals surface area contributed by atoms with Crippen LogP contribution >= 0.6 is 0 Å². The van der Waals surface area contributed by atoms with E-state index in [2.05, 4.69) is 125 Å². The van der Waals surface area contributed by atoms with E-state index in [-0.39, 0.29) is 5.41 Å². The molecule has 8 rings (SSSR count). The average Bonchev–Trinajstić information content (AvgIpc) is 3.67. The van der Waals surface area contributed by atoms with Crippen LogP contribution in [0.25, 0.3) is 72.1 Å². The molecule has 0 amide bonds. The maximum absolute atomic E-state index is 6.56. The molecule has 0 unspecified atom stereocenters. The maximum Gasteiger partial charge on any atom is 0.227 e. The van der Waals surface area contributed by atoms with Gasteiger partial charge in [0.1, 0.15) is 22.6 Å². The van der Waals surface area contributed by atoms with Crippen LogP contribution in [0.1, 0.15) is 57.4 Å². The first kappa shape index (κ1) is 25.8. The second-order valence-corrected chi connectivity index (χ2v) is 13.0. The molecule has 0 aliphatic carbocycles. The van der Waals surface area contributed by atoms with Crippen LogP contribution in [0.5, 0.6) is 0 Å². The molecular formula is C38H33N3O2. The van der Waals surface area contributed by atoms with Gasteiger partial charge in [-0.15, -0.1) is 0 Å². The third-order valence-electron chi connectivity index (χ3n) is 8.69. The Bertz CT molecular complexity index is 2380.